The molecule has 0 aliphatic carbocycles. The van der Waals surface area contributed by atoms with E-state index in [0.717, 1.165) is 31.6 Å². The highest BCUT2D eigenvalue weighted by atomic mass is 16.2. The van der Waals surface area contributed by atoms with Crippen molar-refractivity contribution in [2.45, 2.75) is 32.2 Å². The molecule has 2 rings (SSSR count). The lowest BCUT2D eigenvalue weighted by molar-refractivity contribution is 0.0608. The number of rotatable bonds is 3. The van der Waals surface area contributed by atoms with Gasteiger partial charge in [-0.2, -0.15) is 0 Å². The molecule has 0 bridgehead atoms. The first-order valence-corrected chi connectivity index (χ1v) is 6.61. The molecule has 1 N–H and O–H groups in total. The number of nitrogens with zero attached hydrogens (tertiary/aromatic N) is 2. The Labute approximate surface area is 108 Å². The summed E-state index contributed by atoms with van der Waals surface area (Å²) in [6.07, 6.45) is 3.38. The van der Waals surface area contributed by atoms with E-state index in [4.69, 9.17) is 0 Å². The first-order valence-electron chi connectivity index (χ1n) is 6.61. The van der Waals surface area contributed by atoms with E-state index in [1.807, 2.05) is 31.0 Å². The third-order valence-corrected chi connectivity index (χ3v) is 3.44. The van der Waals surface area contributed by atoms with Crippen LogP contribution in [0.25, 0.3) is 0 Å². The number of carbonyl (C=O) groups excluding carboxylic acids is 1. The summed E-state index contributed by atoms with van der Waals surface area (Å²) in [5.74, 6) is 0.0682. The van der Waals surface area contributed by atoms with E-state index < -0.39 is 0 Å². The lowest BCUT2D eigenvalue weighted by Crippen LogP contribution is -2.48. The molecule has 2 heterocycles. The summed E-state index contributed by atoms with van der Waals surface area (Å²) >= 11 is 0. The van der Waals surface area contributed by atoms with Crippen LogP contribution >= 0.6 is 0 Å². The van der Waals surface area contributed by atoms with Gasteiger partial charge >= 0.3 is 0 Å². The number of hydrogen-bond donors (Lipinski definition) is 1. The van der Waals surface area contributed by atoms with Gasteiger partial charge in [0.15, 0.2) is 0 Å². The van der Waals surface area contributed by atoms with E-state index in [2.05, 4.69) is 10.3 Å². The van der Waals surface area contributed by atoms with E-state index in [1.54, 1.807) is 6.07 Å². The fourth-order valence-electron chi connectivity index (χ4n) is 2.53. The molecule has 0 saturated carbocycles. The SMILES string of the molecule is CNCC1CCCCN1C(=O)c1cccc(C)n1. The van der Waals surface area contributed by atoms with Gasteiger partial charge in [0, 0.05) is 24.8 Å². The Morgan fingerprint density at radius 1 is 1.50 bits per heavy atom. The van der Waals surface area contributed by atoms with Gasteiger partial charge in [-0.15, -0.1) is 0 Å². The Balaban J connectivity index is 2.15. The lowest BCUT2D eigenvalue weighted by Gasteiger charge is -2.35. The van der Waals surface area contributed by atoms with Crippen molar-refractivity contribution in [3.05, 3.63) is 29.6 Å². The Bertz CT molecular complexity index is 417. The van der Waals surface area contributed by atoms with Gasteiger partial charge in [-0.05, 0) is 45.4 Å². The van der Waals surface area contributed by atoms with E-state index in [1.165, 1.54) is 6.42 Å². The Kier molecular flexibility index (Phi) is 4.31. The van der Waals surface area contributed by atoms with Gasteiger partial charge in [0.05, 0.1) is 0 Å². The quantitative estimate of drug-likeness (QED) is 0.882. The summed E-state index contributed by atoms with van der Waals surface area (Å²) in [7, 11) is 1.93. The number of amides is 1. The van der Waals surface area contributed by atoms with Gasteiger partial charge in [0.1, 0.15) is 5.69 Å². The highest BCUT2D eigenvalue weighted by Crippen LogP contribution is 2.18. The second-order valence-corrected chi connectivity index (χ2v) is 4.87. The van der Waals surface area contributed by atoms with Crippen LogP contribution in [0.2, 0.25) is 0 Å². The molecule has 1 amide bonds. The highest BCUT2D eigenvalue weighted by Gasteiger charge is 2.27. The molecule has 1 aliphatic rings. The first kappa shape index (κ1) is 13.0. The topological polar surface area (TPSA) is 45.2 Å². The maximum Gasteiger partial charge on any atom is 0.272 e. The number of nitrogens with one attached hydrogen (secondary N) is 1. The van der Waals surface area contributed by atoms with Crippen LogP contribution in [0, 0.1) is 6.92 Å². The van der Waals surface area contributed by atoms with Crippen molar-refractivity contribution in [1.82, 2.24) is 15.2 Å². The average molecular weight is 247 g/mol. The molecule has 4 heteroatoms. The molecule has 1 aliphatic heterocycles. The summed E-state index contributed by atoms with van der Waals surface area (Å²) in [6, 6.07) is 5.92. The Morgan fingerprint density at radius 2 is 2.33 bits per heavy atom. The van der Waals surface area contributed by atoms with Crippen LogP contribution in [0.1, 0.15) is 35.4 Å². The normalized spacial score (nSPS) is 19.9. The van der Waals surface area contributed by atoms with Crippen LogP contribution in [0.15, 0.2) is 18.2 Å². The number of pyridine rings is 1. The van der Waals surface area contributed by atoms with E-state index in [-0.39, 0.29) is 5.91 Å². The third-order valence-electron chi connectivity index (χ3n) is 3.44. The summed E-state index contributed by atoms with van der Waals surface area (Å²) in [6.45, 7) is 3.62. The van der Waals surface area contributed by atoms with Crippen molar-refractivity contribution in [2.24, 2.45) is 0 Å². The number of aromatic nitrogens is 1. The predicted octanol–water partition coefficient (Wildman–Crippen LogP) is 1.60. The van der Waals surface area contributed by atoms with E-state index in [0.29, 0.717) is 11.7 Å². The standard InChI is InChI=1S/C14H21N3O/c1-11-6-5-8-13(16-11)14(18)17-9-4-3-7-12(17)10-15-2/h5-6,8,12,15H,3-4,7,9-10H2,1-2H3. The van der Waals surface area contributed by atoms with E-state index in [9.17, 15) is 4.79 Å². The molecular weight excluding hydrogens is 226 g/mol. The van der Waals surface area contributed by atoms with Crippen LogP contribution in [-0.4, -0.2) is 42.0 Å². The van der Waals surface area contributed by atoms with Crippen molar-refractivity contribution >= 4 is 5.91 Å². The third kappa shape index (κ3) is 2.88. The summed E-state index contributed by atoms with van der Waals surface area (Å²) < 4.78 is 0. The summed E-state index contributed by atoms with van der Waals surface area (Å²) in [4.78, 5) is 18.8. The second-order valence-electron chi connectivity index (χ2n) is 4.87. The molecule has 18 heavy (non-hydrogen) atoms. The lowest BCUT2D eigenvalue weighted by atomic mass is 10.0. The molecule has 1 saturated heterocycles. The molecule has 1 unspecified atom stereocenters. The van der Waals surface area contributed by atoms with Crippen LogP contribution < -0.4 is 5.32 Å². The second kappa shape index (κ2) is 5.96. The number of likely N-dealkylation sites (N-methyl/N-ethyl adjacent to an activating group) is 1. The molecule has 1 fully saturated rings. The minimum atomic E-state index is 0.0682. The minimum Gasteiger partial charge on any atom is -0.333 e. The number of hydrogen-bond acceptors (Lipinski definition) is 3. The van der Waals surface area contributed by atoms with Gasteiger partial charge < -0.3 is 10.2 Å². The van der Waals surface area contributed by atoms with Crippen molar-refractivity contribution in [3.63, 3.8) is 0 Å². The molecular formula is C14H21N3O. The number of aryl methyl sites for hydroxylation is 1. The minimum absolute atomic E-state index is 0.0682. The Morgan fingerprint density at radius 3 is 3.06 bits per heavy atom. The van der Waals surface area contributed by atoms with Crippen molar-refractivity contribution in [3.8, 4) is 0 Å². The molecule has 0 spiro atoms. The highest BCUT2D eigenvalue weighted by molar-refractivity contribution is 5.92. The van der Waals surface area contributed by atoms with Crippen LogP contribution in [0.4, 0.5) is 0 Å². The zero-order valence-electron chi connectivity index (χ0n) is 11.1. The smallest absolute Gasteiger partial charge is 0.272 e. The van der Waals surface area contributed by atoms with Crippen LogP contribution in [0.5, 0.6) is 0 Å². The van der Waals surface area contributed by atoms with Gasteiger partial charge in [-0.25, -0.2) is 4.98 Å². The van der Waals surface area contributed by atoms with Gasteiger partial charge in [-0.1, -0.05) is 6.07 Å². The number of likely N-dealkylation sites (tertiary alicyclic amines) is 1. The first-order chi connectivity index (χ1) is 8.72. The Hall–Kier alpha value is -1.42. The number of carbonyl (C=O) groups is 1. The van der Waals surface area contributed by atoms with Gasteiger partial charge in [0.25, 0.3) is 5.91 Å². The summed E-state index contributed by atoms with van der Waals surface area (Å²) in [5, 5.41) is 3.17. The predicted molar refractivity (Wildman–Crippen MR) is 71.6 cm³/mol. The average Bonchev–Trinajstić information content (AvgIpc) is 2.39. The molecule has 4 nitrogen and oxygen atoms in total. The zero-order valence-corrected chi connectivity index (χ0v) is 11.1. The maximum absolute atomic E-state index is 12.5. The fourth-order valence-corrected chi connectivity index (χ4v) is 2.53. The molecule has 1 aromatic rings. The van der Waals surface area contributed by atoms with Crippen molar-refractivity contribution in [1.29, 1.82) is 0 Å². The van der Waals surface area contributed by atoms with Gasteiger partial charge in [0.2, 0.25) is 0 Å². The largest absolute Gasteiger partial charge is 0.333 e. The van der Waals surface area contributed by atoms with Crippen molar-refractivity contribution < 1.29 is 4.79 Å². The molecule has 1 aromatic heterocycles. The molecule has 0 aromatic carbocycles. The van der Waals surface area contributed by atoms with Gasteiger partial charge in [-0.3, -0.25) is 4.79 Å². The van der Waals surface area contributed by atoms with E-state index >= 15 is 0 Å². The summed E-state index contributed by atoms with van der Waals surface area (Å²) in [5.41, 5.74) is 1.46. The molecule has 0 radical (unpaired) electrons. The zero-order chi connectivity index (χ0) is 13.0. The maximum atomic E-state index is 12.5. The molecule has 98 valence electrons. The number of piperidine rings is 1. The van der Waals surface area contributed by atoms with Crippen LogP contribution in [-0.2, 0) is 0 Å². The molecule has 1 atom stereocenters. The fraction of sp³-hybridized carbons (Fsp3) is 0.571. The monoisotopic (exact) mass is 247 g/mol. The van der Waals surface area contributed by atoms with Crippen molar-refractivity contribution in [2.75, 3.05) is 20.1 Å². The van der Waals surface area contributed by atoms with Crippen LogP contribution in [0.3, 0.4) is 0 Å².